The third kappa shape index (κ3) is 2.78. The predicted octanol–water partition coefficient (Wildman–Crippen LogP) is 0.391. The van der Waals surface area contributed by atoms with Crippen LogP contribution in [0.4, 0.5) is 0 Å². The first-order valence-corrected chi connectivity index (χ1v) is 12.1. The fourth-order valence-corrected chi connectivity index (χ4v) is 6.17. The van der Waals surface area contributed by atoms with Crippen LogP contribution in [0, 0.1) is 0 Å². The molecule has 0 saturated carbocycles. The van der Waals surface area contributed by atoms with Gasteiger partial charge in [0.1, 0.15) is 4.90 Å². The van der Waals surface area contributed by atoms with E-state index in [-0.39, 0.29) is 21.4 Å². The van der Waals surface area contributed by atoms with Crippen LogP contribution in [-0.2, 0) is 35.3 Å². The number of aliphatic hydroxyl groups is 1. The van der Waals surface area contributed by atoms with Crippen molar-refractivity contribution in [1.29, 1.82) is 0 Å². The van der Waals surface area contributed by atoms with Crippen LogP contribution in [0.15, 0.2) is 41.3 Å². The lowest BCUT2D eigenvalue weighted by Crippen LogP contribution is -2.41. The first-order valence-electron chi connectivity index (χ1n) is 7.82. The lowest BCUT2D eigenvalue weighted by atomic mass is 9.88. The molecule has 0 amide bonds. The predicted molar refractivity (Wildman–Crippen MR) is 102 cm³/mol. The molecule has 29 heavy (non-hydrogen) atoms. The van der Waals surface area contributed by atoms with E-state index in [2.05, 4.69) is 0 Å². The highest BCUT2D eigenvalue weighted by atomic mass is 32.2. The van der Waals surface area contributed by atoms with Crippen LogP contribution in [0.1, 0.15) is 12.0 Å². The molecular weight excluding hydrogens is 448 g/mol. The standard InChI is InChI=1S/C16H12O10S3/c17-16(29(24,25)26)7-13(28(21,22)23)10-3-1-8-2-6-12(27(18,19)20)9-4-5-11(16)15(10)14(8)9/h1-6,17H,7H2,(H,18,19,20)(H,21,22,23)(H,24,25,26). The minimum Gasteiger partial charge on any atom is -0.369 e. The molecule has 4 rings (SSSR count). The second kappa shape index (κ2) is 5.72. The first kappa shape index (κ1) is 20.2. The molecule has 0 aromatic heterocycles. The molecular formula is C16H12O10S3. The van der Waals surface area contributed by atoms with Gasteiger partial charge in [0.25, 0.3) is 30.4 Å². The smallest absolute Gasteiger partial charge is 0.299 e. The van der Waals surface area contributed by atoms with Gasteiger partial charge < -0.3 is 5.11 Å². The van der Waals surface area contributed by atoms with Crippen molar-refractivity contribution >= 4 is 56.8 Å². The topological polar surface area (TPSA) is 183 Å². The van der Waals surface area contributed by atoms with E-state index < -0.39 is 57.1 Å². The molecule has 0 radical (unpaired) electrons. The Bertz CT molecular complexity index is 1600. The van der Waals surface area contributed by atoms with E-state index in [9.17, 15) is 44.0 Å². The molecule has 13 heteroatoms. The van der Waals surface area contributed by atoms with Gasteiger partial charge in [-0.1, -0.05) is 30.3 Å². The van der Waals surface area contributed by atoms with Crippen LogP contribution in [0.3, 0.4) is 0 Å². The maximum absolute atomic E-state index is 12.0. The summed E-state index contributed by atoms with van der Waals surface area (Å²) in [6, 6.07) is 7.23. The second-order valence-corrected chi connectivity index (χ2v) is 11.1. The largest absolute Gasteiger partial charge is 0.369 e. The average Bonchev–Trinajstić information content (AvgIpc) is 2.57. The minimum atomic E-state index is -5.30. The summed E-state index contributed by atoms with van der Waals surface area (Å²) >= 11 is 0. The van der Waals surface area contributed by atoms with Gasteiger partial charge in [0.05, 0.1) is 4.91 Å². The third-order valence-electron chi connectivity index (χ3n) is 5.01. The summed E-state index contributed by atoms with van der Waals surface area (Å²) in [5.41, 5.74) is -0.395. The zero-order valence-corrected chi connectivity index (χ0v) is 16.6. The van der Waals surface area contributed by atoms with Crippen molar-refractivity contribution in [2.24, 2.45) is 0 Å². The average molecular weight is 460 g/mol. The summed E-state index contributed by atoms with van der Waals surface area (Å²) < 4.78 is 100.0. The molecule has 3 aromatic carbocycles. The van der Waals surface area contributed by atoms with Crippen LogP contribution < -0.4 is 5.22 Å². The van der Waals surface area contributed by atoms with Crippen molar-refractivity contribution in [3.05, 3.63) is 47.2 Å². The molecule has 0 saturated heterocycles. The minimum absolute atomic E-state index is 0.0260. The molecule has 0 spiro atoms. The van der Waals surface area contributed by atoms with Gasteiger partial charge >= 0.3 is 0 Å². The summed E-state index contributed by atoms with van der Waals surface area (Å²) in [4.78, 5) is -4.50. The highest BCUT2D eigenvalue weighted by molar-refractivity contribution is 7.95. The Kier molecular flexibility index (Phi) is 3.98. The maximum atomic E-state index is 12.0. The van der Waals surface area contributed by atoms with Crippen molar-refractivity contribution in [2.45, 2.75) is 16.2 Å². The number of benzene rings is 3. The molecule has 1 unspecified atom stereocenters. The van der Waals surface area contributed by atoms with Crippen molar-refractivity contribution < 1.29 is 44.0 Å². The van der Waals surface area contributed by atoms with Crippen molar-refractivity contribution in [3.8, 4) is 0 Å². The summed E-state index contributed by atoms with van der Waals surface area (Å²) in [6.45, 7) is 0. The van der Waals surface area contributed by atoms with Gasteiger partial charge in [0, 0.05) is 17.4 Å². The molecule has 0 aliphatic heterocycles. The van der Waals surface area contributed by atoms with E-state index in [0.717, 1.165) is 18.2 Å². The van der Waals surface area contributed by atoms with Gasteiger partial charge in [0.15, 0.2) is 0 Å². The maximum Gasteiger partial charge on any atom is 0.299 e. The molecule has 0 heterocycles. The Balaban J connectivity index is 2.41. The normalized spacial score (nSPS) is 20.5. The molecule has 154 valence electrons. The fourth-order valence-electron chi connectivity index (χ4n) is 3.77. The van der Waals surface area contributed by atoms with Gasteiger partial charge in [-0.25, -0.2) is 0 Å². The summed E-state index contributed by atoms with van der Waals surface area (Å²) in [7, 11) is -15.0. The van der Waals surface area contributed by atoms with E-state index in [4.69, 9.17) is 0 Å². The molecule has 1 aliphatic rings. The molecule has 3 aromatic rings. The Morgan fingerprint density at radius 1 is 0.759 bits per heavy atom. The Morgan fingerprint density at radius 2 is 1.38 bits per heavy atom. The van der Waals surface area contributed by atoms with E-state index in [1.54, 1.807) is 0 Å². The monoisotopic (exact) mass is 460 g/mol. The SMILES string of the molecule is O=S(=O)(O)C1=c2ccc3ccc(S(=O)(=O)O)c4ccc(c2c34)C(O)(S(=O)(=O)O)C1. The third-order valence-corrected chi connectivity index (χ3v) is 8.13. The van der Waals surface area contributed by atoms with E-state index in [1.165, 1.54) is 18.2 Å². The van der Waals surface area contributed by atoms with Gasteiger partial charge in [0.2, 0.25) is 4.93 Å². The lowest BCUT2D eigenvalue weighted by molar-refractivity contribution is 0.118. The second-order valence-electron chi connectivity index (χ2n) is 6.62. The van der Waals surface area contributed by atoms with Crippen LogP contribution in [0.5, 0.6) is 0 Å². The van der Waals surface area contributed by atoms with Gasteiger partial charge in [-0.3, -0.25) is 13.7 Å². The molecule has 1 aliphatic carbocycles. The number of rotatable bonds is 3. The Labute approximate surface area is 164 Å². The molecule has 10 nitrogen and oxygen atoms in total. The van der Waals surface area contributed by atoms with Crippen LogP contribution in [-0.4, -0.2) is 44.0 Å². The number of hydrogen-bond donors (Lipinski definition) is 4. The van der Waals surface area contributed by atoms with E-state index >= 15 is 0 Å². The fraction of sp³-hybridized carbons (Fsp3) is 0.125. The zero-order valence-electron chi connectivity index (χ0n) is 14.1. The van der Waals surface area contributed by atoms with Crippen molar-refractivity contribution in [1.82, 2.24) is 0 Å². The van der Waals surface area contributed by atoms with Gasteiger partial charge in [-0.15, -0.1) is 0 Å². The Morgan fingerprint density at radius 3 is 1.93 bits per heavy atom. The molecule has 0 bridgehead atoms. The highest BCUT2D eigenvalue weighted by Gasteiger charge is 2.49. The van der Waals surface area contributed by atoms with Gasteiger partial charge in [-0.05, 0) is 27.4 Å². The van der Waals surface area contributed by atoms with Crippen molar-refractivity contribution in [3.63, 3.8) is 0 Å². The highest BCUT2D eigenvalue weighted by Crippen LogP contribution is 2.44. The first-order chi connectivity index (χ1) is 13.2. The molecule has 1 atom stereocenters. The lowest BCUT2D eigenvalue weighted by Gasteiger charge is -2.31. The van der Waals surface area contributed by atoms with Crippen molar-refractivity contribution in [2.75, 3.05) is 0 Å². The molecule has 0 fully saturated rings. The quantitative estimate of drug-likeness (QED) is 0.399. The summed E-state index contributed by atoms with van der Waals surface area (Å²) in [5.74, 6) is 0. The van der Waals surface area contributed by atoms with Crippen LogP contribution in [0.25, 0.3) is 26.5 Å². The van der Waals surface area contributed by atoms with E-state index in [0.29, 0.717) is 5.39 Å². The van der Waals surface area contributed by atoms with Crippen LogP contribution >= 0.6 is 0 Å². The summed E-state index contributed by atoms with van der Waals surface area (Å²) in [5, 5.41) is 10.7. The van der Waals surface area contributed by atoms with E-state index in [1.807, 2.05) is 0 Å². The van der Waals surface area contributed by atoms with Gasteiger partial charge in [-0.2, -0.15) is 25.3 Å². The zero-order chi connectivity index (χ0) is 21.6. The summed E-state index contributed by atoms with van der Waals surface area (Å²) in [6.07, 6.45) is -1.16. The molecule has 4 N–H and O–H groups in total. The Hall–Kier alpha value is -2.13. The van der Waals surface area contributed by atoms with Crippen LogP contribution in [0.2, 0.25) is 0 Å². The number of hydrogen-bond acceptors (Lipinski definition) is 7.